The smallest absolute Gasteiger partial charge is 0.311 e. The van der Waals surface area contributed by atoms with Crippen molar-refractivity contribution in [3.05, 3.63) is 65.5 Å². The van der Waals surface area contributed by atoms with Crippen LogP contribution >= 0.6 is 0 Å². The number of hydrogen-bond acceptors (Lipinski definition) is 5. The Kier molecular flexibility index (Phi) is 5.25. The first kappa shape index (κ1) is 19.1. The number of aromatic nitrogens is 2. The van der Waals surface area contributed by atoms with Gasteiger partial charge in [-0.1, -0.05) is 31.2 Å². The maximum absolute atomic E-state index is 12.6. The van der Waals surface area contributed by atoms with Gasteiger partial charge in [-0.3, -0.25) is 9.59 Å². The van der Waals surface area contributed by atoms with Crippen LogP contribution in [0.2, 0.25) is 0 Å². The molecule has 1 atom stereocenters. The zero-order valence-electron chi connectivity index (χ0n) is 16.6. The molecule has 4 rings (SSSR count). The first-order valence-corrected chi connectivity index (χ1v) is 9.83. The van der Waals surface area contributed by atoms with Crippen molar-refractivity contribution < 1.29 is 14.3 Å². The first-order valence-electron chi connectivity index (χ1n) is 9.83. The number of carbonyl (C=O) groups is 2. The largest absolute Gasteiger partial charge is 0.459 e. The molecule has 1 unspecified atom stereocenters. The van der Waals surface area contributed by atoms with Crippen LogP contribution < -0.4 is 4.90 Å². The molecule has 1 amide bonds. The van der Waals surface area contributed by atoms with Crippen LogP contribution in [-0.4, -0.2) is 28.4 Å². The molecule has 0 aliphatic carbocycles. The summed E-state index contributed by atoms with van der Waals surface area (Å²) in [4.78, 5) is 35.7. The van der Waals surface area contributed by atoms with E-state index in [4.69, 9.17) is 4.74 Å². The van der Waals surface area contributed by atoms with E-state index >= 15 is 0 Å². The maximum atomic E-state index is 12.6. The third kappa shape index (κ3) is 3.97. The lowest BCUT2D eigenvalue weighted by molar-refractivity contribution is -0.149. The number of hydrogen-bond donors (Lipinski definition) is 0. The quantitative estimate of drug-likeness (QED) is 0.624. The topological polar surface area (TPSA) is 72.4 Å². The first-order chi connectivity index (χ1) is 14.0. The Morgan fingerprint density at radius 1 is 1.10 bits per heavy atom. The second-order valence-electron chi connectivity index (χ2n) is 7.28. The molecule has 3 aromatic rings. The van der Waals surface area contributed by atoms with Gasteiger partial charge in [0.1, 0.15) is 6.61 Å². The van der Waals surface area contributed by atoms with Crippen molar-refractivity contribution in [3.8, 4) is 0 Å². The minimum atomic E-state index is -0.470. The summed E-state index contributed by atoms with van der Waals surface area (Å²) in [5, 5.41) is 0. The van der Waals surface area contributed by atoms with Crippen molar-refractivity contribution in [1.82, 2.24) is 9.97 Å². The monoisotopic (exact) mass is 389 g/mol. The summed E-state index contributed by atoms with van der Waals surface area (Å²) in [5.41, 5.74) is 4.97. The zero-order valence-corrected chi connectivity index (χ0v) is 16.6. The van der Waals surface area contributed by atoms with Crippen molar-refractivity contribution in [2.75, 3.05) is 11.4 Å². The average Bonchev–Trinajstić information content (AvgIpc) is 3.13. The van der Waals surface area contributed by atoms with E-state index in [0.29, 0.717) is 12.2 Å². The number of esters is 1. The Morgan fingerprint density at radius 2 is 1.79 bits per heavy atom. The molecule has 2 aromatic carbocycles. The fourth-order valence-electron chi connectivity index (χ4n) is 3.55. The maximum Gasteiger partial charge on any atom is 0.311 e. The zero-order chi connectivity index (χ0) is 20.4. The Morgan fingerprint density at radius 3 is 2.48 bits per heavy atom. The van der Waals surface area contributed by atoms with E-state index in [1.54, 1.807) is 4.90 Å². The van der Waals surface area contributed by atoms with Gasteiger partial charge in [-0.15, -0.1) is 0 Å². The molecule has 148 valence electrons. The molecule has 1 aliphatic rings. The lowest BCUT2D eigenvalue weighted by Gasteiger charge is -2.17. The van der Waals surface area contributed by atoms with Crippen molar-refractivity contribution >= 4 is 28.6 Å². The lowest BCUT2D eigenvalue weighted by atomic mass is 10.1. The summed E-state index contributed by atoms with van der Waals surface area (Å²) in [6.07, 6.45) is 1.11. The predicted octanol–water partition coefficient (Wildman–Crippen LogP) is 3.60. The molecule has 1 aliphatic heterocycles. The normalized spacial score (nSPS) is 16.4. The molecule has 0 saturated carbocycles. The summed E-state index contributed by atoms with van der Waals surface area (Å²) < 4.78 is 5.49. The predicted molar refractivity (Wildman–Crippen MR) is 110 cm³/mol. The molecule has 0 spiro atoms. The number of amides is 1. The van der Waals surface area contributed by atoms with E-state index in [1.165, 1.54) is 5.56 Å². The third-order valence-corrected chi connectivity index (χ3v) is 5.31. The number of para-hydroxylation sites is 2. The molecule has 2 heterocycles. The standard InChI is InChI=1S/C23H23N3O3/c1-3-16-8-10-18(11-9-16)26-13-17(12-22(26)27)23(28)29-14-21-15(2)24-19-6-4-5-7-20(19)25-21/h4-11,17H,3,12-14H2,1-2H3. The summed E-state index contributed by atoms with van der Waals surface area (Å²) in [7, 11) is 0. The van der Waals surface area contributed by atoms with Gasteiger partial charge in [0.25, 0.3) is 0 Å². The number of rotatable bonds is 5. The molecule has 1 aromatic heterocycles. The molecule has 0 radical (unpaired) electrons. The number of carbonyl (C=O) groups excluding carboxylic acids is 2. The van der Waals surface area contributed by atoms with Crippen LogP contribution in [0.25, 0.3) is 11.0 Å². The highest BCUT2D eigenvalue weighted by molar-refractivity contribution is 5.99. The van der Waals surface area contributed by atoms with Gasteiger partial charge in [0.05, 0.1) is 28.3 Å². The Labute approximate surface area is 169 Å². The Balaban J connectivity index is 1.41. The highest BCUT2D eigenvalue weighted by atomic mass is 16.5. The van der Waals surface area contributed by atoms with Crippen LogP contribution in [0.1, 0.15) is 30.3 Å². The highest BCUT2D eigenvalue weighted by Gasteiger charge is 2.36. The van der Waals surface area contributed by atoms with Crippen LogP contribution in [0.3, 0.4) is 0 Å². The van der Waals surface area contributed by atoms with Gasteiger partial charge in [-0.05, 0) is 43.2 Å². The Bertz CT molecular complexity index is 1060. The lowest BCUT2D eigenvalue weighted by Crippen LogP contribution is -2.26. The van der Waals surface area contributed by atoms with E-state index in [9.17, 15) is 9.59 Å². The summed E-state index contributed by atoms with van der Waals surface area (Å²) in [6, 6.07) is 15.5. The minimum Gasteiger partial charge on any atom is -0.459 e. The highest BCUT2D eigenvalue weighted by Crippen LogP contribution is 2.26. The Hall–Kier alpha value is -3.28. The number of fused-ring (bicyclic) bond motifs is 1. The van der Waals surface area contributed by atoms with Crippen molar-refractivity contribution in [3.63, 3.8) is 0 Å². The van der Waals surface area contributed by atoms with E-state index < -0.39 is 5.92 Å². The summed E-state index contributed by atoms with van der Waals surface area (Å²) in [6.45, 7) is 4.33. The van der Waals surface area contributed by atoms with Crippen LogP contribution in [0.15, 0.2) is 48.5 Å². The van der Waals surface area contributed by atoms with Gasteiger partial charge in [0.2, 0.25) is 5.91 Å². The van der Waals surface area contributed by atoms with E-state index in [0.717, 1.165) is 28.8 Å². The van der Waals surface area contributed by atoms with Crippen LogP contribution in [0, 0.1) is 12.8 Å². The number of benzene rings is 2. The summed E-state index contributed by atoms with van der Waals surface area (Å²) in [5.74, 6) is -0.902. The number of anilines is 1. The van der Waals surface area contributed by atoms with Gasteiger partial charge in [0.15, 0.2) is 0 Å². The van der Waals surface area contributed by atoms with Gasteiger partial charge in [-0.2, -0.15) is 0 Å². The third-order valence-electron chi connectivity index (χ3n) is 5.31. The van der Waals surface area contributed by atoms with E-state index in [2.05, 4.69) is 16.9 Å². The second-order valence-corrected chi connectivity index (χ2v) is 7.28. The average molecular weight is 389 g/mol. The fraction of sp³-hybridized carbons (Fsp3) is 0.304. The number of ether oxygens (including phenoxy) is 1. The molecule has 6 heteroatoms. The molecule has 1 saturated heterocycles. The van der Waals surface area contributed by atoms with Crippen molar-refractivity contribution in [2.24, 2.45) is 5.92 Å². The number of nitrogens with zero attached hydrogens (tertiary/aromatic N) is 3. The van der Waals surface area contributed by atoms with Crippen molar-refractivity contribution in [2.45, 2.75) is 33.3 Å². The van der Waals surface area contributed by atoms with Gasteiger partial charge in [0, 0.05) is 18.7 Å². The minimum absolute atomic E-state index is 0.0540. The summed E-state index contributed by atoms with van der Waals surface area (Å²) >= 11 is 0. The second kappa shape index (κ2) is 7.99. The van der Waals surface area contributed by atoms with Crippen molar-refractivity contribution in [1.29, 1.82) is 0 Å². The number of aryl methyl sites for hydroxylation is 2. The molecule has 1 fully saturated rings. The van der Waals surface area contributed by atoms with Crippen LogP contribution in [0.4, 0.5) is 5.69 Å². The van der Waals surface area contributed by atoms with Gasteiger partial charge >= 0.3 is 5.97 Å². The molecule has 0 bridgehead atoms. The molecule has 29 heavy (non-hydrogen) atoms. The van der Waals surface area contributed by atoms with Gasteiger partial charge in [-0.25, -0.2) is 9.97 Å². The molecular formula is C23H23N3O3. The molecule has 0 N–H and O–H groups in total. The SMILES string of the molecule is CCc1ccc(N2CC(C(=O)OCc3nc4ccccc4nc3C)CC2=O)cc1. The van der Waals surface area contributed by atoms with Crippen LogP contribution in [0.5, 0.6) is 0 Å². The molecule has 6 nitrogen and oxygen atoms in total. The van der Waals surface area contributed by atoms with Crippen LogP contribution in [-0.2, 0) is 27.4 Å². The molecular weight excluding hydrogens is 366 g/mol. The van der Waals surface area contributed by atoms with E-state index in [1.807, 2.05) is 55.5 Å². The van der Waals surface area contributed by atoms with Gasteiger partial charge < -0.3 is 9.64 Å². The fourth-order valence-corrected chi connectivity index (χ4v) is 3.55. The van der Waals surface area contributed by atoms with E-state index in [-0.39, 0.29) is 24.9 Å².